The van der Waals surface area contributed by atoms with Crippen LogP contribution >= 0.6 is 0 Å². The minimum Gasteiger partial charge on any atom is -0.481 e. The number of piperidine rings is 1. The van der Waals surface area contributed by atoms with Crippen molar-refractivity contribution in [1.82, 2.24) is 15.1 Å². The summed E-state index contributed by atoms with van der Waals surface area (Å²) >= 11 is 0. The second-order valence-corrected chi connectivity index (χ2v) is 5.94. The van der Waals surface area contributed by atoms with Gasteiger partial charge < -0.3 is 15.3 Å². The fourth-order valence-corrected chi connectivity index (χ4v) is 3.50. The number of amides is 1. The molecule has 6 nitrogen and oxygen atoms in total. The summed E-state index contributed by atoms with van der Waals surface area (Å²) in [6, 6.07) is 0.461. The standard InChI is InChI=1S/C15H27N3O3/c1-2-17(11-7-14(19)20)15(21)13-4-3-10-18(13)12-5-8-16-9-6-12/h12-13,16H,2-11H2,1H3,(H,19,20). The molecule has 0 spiro atoms. The van der Waals surface area contributed by atoms with E-state index in [2.05, 4.69) is 10.2 Å². The molecule has 2 aliphatic rings. The second-order valence-electron chi connectivity index (χ2n) is 5.94. The van der Waals surface area contributed by atoms with E-state index < -0.39 is 5.97 Å². The SMILES string of the molecule is CCN(CCC(=O)O)C(=O)C1CCCN1C1CCNCC1. The van der Waals surface area contributed by atoms with Crippen LogP contribution in [-0.4, -0.2) is 71.6 Å². The number of carboxylic acids is 1. The Morgan fingerprint density at radius 1 is 1.29 bits per heavy atom. The summed E-state index contributed by atoms with van der Waals surface area (Å²) in [5, 5.41) is 12.2. The summed E-state index contributed by atoms with van der Waals surface area (Å²) in [6.45, 7) is 5.88. The Morgan fingerprint density at radius 2 is 2.00 bits per heavy atom. The monoisotopic (exact) mass is 297 g/mol. The molecule has 21 heavy (non-hydrogen) atoms. The molecule has 2 heterocycles. The highest BCUT2D eigenvalue weighted by Crippen LogP contribution is 2.25. The van der Waals surface area contributed by atoms with Gasteiger partial charge in [0, 0.05) is 19.1 Å². The number of rotatable bonds is 6. The number of aliphatic carboxylic acids is 1. The minimum absolute atomic E-state index is 0.0274. The Morgan fingerprint density at radius 3 is 2.62 bits per heavy atom. The van der Waals surface area contributed by atoms with Crippen LogP contribution in [0.15, 0.2) is 0 Å². The van der Waals surface area contributed by atoms with Gasteiger partial charge in [0.25, 0.3) is 0 Å². The van der Waals surface area contributed by atoms with Crippen LogP contribution in [0.4, 0.5) is 0 Å². The molecule has 0 aromatic heterocycles. The van der Waals surface area contributed by atoms with Gasteiger partial charge in [-0.3, -0.25) is 14.5 Å². The Hall–Kier alpha value is -1.14. The highest BCUT2D eigenvalue weighted by Gasteiger charge is 2.37. The fourth-order valence-electron chi connectivity index (χ4n) is 3.50. The van der Waals surface area contributed by atoms with Crippen LogP contribution in [0.5, 0.6) is 0 Å². The molecule has 6 heteroatoms. The first-order valence-corrected chi connectivity index (χ1v) is 8.10. The lowest BCUT2D eigenvalue weighted by molar-refractivity contribution is -0.140. The van der Waals surface area contributed by atoms with Crippen LogP contribution in [0.3, 0.4) is 0 Å². The summed E-state index contributed by atoms with van der Waals surface area (Å²) in [6.07, 6.45) is 4.21. The number of carboxylic acid groups (broad SMARTS) is 1. The van der Waals surface area contributed by atoms with Crippen molar-refractivity contribution in [3.63, 3.8) is 0 Å². The molecule has 1 atom stereocenters. The lowest BCUT2D eigenvalue weighted by Gasteiger charge is -2.37. The molecular weight excluding hydrogens is 270 g/mol. The van der Waals surface area contributed by atoms with E-state index in [1.165, 1.54) is 0 Å². The minimum atomic E-state index is -0.845. The fraction of sp³-hybridized carbons (Fsp3) is 0.867. The Bertz CT molecular complexity index is 369. The number of likely N-dealkylation sites (N-methyl/N-ethyl adjacent to an activating group) is 1. The number of hydrogen-bond acceptors (Lipinski definition) is 4. The first-order valence-electron chi connectivity index (χ1n) is 8.10. The van der Waals surface area contributed by atoms with Gasteiger partial charge in [0.15, 0.2) is 0 Å². The predicted molar refractivity (Wildman–Crippen MR) is 80.1 cm³/mol. The molecule has 120 valence electrons. The van der Waals surface area contributed by atoms with Crippen molar-refractivity contribution >= 4 is 11.9 Å². The third-order valence-corrected chi connectivity index (χ3v) is 4.65. The average molecular weight is 297 g/mol. The van der Waals surface area contributed by atoms with Gasteiger partial charge in [0.05, 0.1) is 12.5 Å². The highest BCUT2D eigenvalue weighted by molar-refractivity contribution is 5.82. The summed E-state index contributed by atoms with van der Waals surface area (Å²) in [5.41, 5.74) is 0. The van der Waals surface area contributed by atoms with E-state index in [9.17, 15) is 9.59 Å². The van der Waals surface area contributed by atoms with E-state index >= 15 is 0 Å². The van der Waals surface area contributed by atoms with Crippen LogP contribution < -0.4 is 5.32 Å². The molecule has 1 amide bonds. The van der Waals surface area contributed by atoms with Gasteiger partial charge in [0.2, 0.25) is 5.91 Å². The van der Waals surface area contributed by atoms with Gasteiger partial charge in [-0.1, -0.05) is 0 Å². The number of carbonyl (C=O) groups is 2. The van der Waals surface area contributed by atoms with Crippen LogP contribution in [0.2, 0.25) is 0 Å². The number of likely N-dealkylation sites (tertiary alicyclic amines) is 1. The van der Waals surface area contributed by atoms with Crippen molar-refractivity contribution in [2.75, 3.05) is 32.7 Å². The normalized spacial score (nSPS) is 24.1. The average Bonchev–Trinajstić information content (AvgIpc) is 2.97. The number of nitrogens with zero attached hydrogens (tertiary/aromatic N) is 2. The summed E-state index contributed by atoms with van der Waals surface area (Å²) < 4.78 is 0. The molecule has 0 saturated carbocycles. The second kappa shape index (κ2) is 7.75. The van der Waals surface area contributed by atoms with Gasteiger partial charge in [-0.2, -0.15) is 0 Å². The third kappa shape index (κ3) is 4.17. The van der Waals surface area contributed by atoms with Crippen LogP contribution in [0, 0.1) is 0 Å². The van der Waals surface area contributed by atoms with E-state index in [1.807, 2.05) is 6.92 Å². The van der Waals surface area contributed by atoms with E-state index in [0.717, 1.165) is 45.3 Å². The van der Waals surface area contributed by atoms with Gasteiger partial charge in [0.1, 0.15) is 0 Å². The van der Waals surface area contributed by atoms with E-state index in [4.69, 9.17) is 5.11 Å². The van der Waals surface area contributed by atoms with Crippen molar-refractivity contribution in [3.8, 4) is 0 Å². The van der Waals surface area contributed by atoms with Crippen LogP contribution in [0.25, 0.3) is 0 Å². The number of nitrogens with one attached hydrogen (secondary N) is 1. The maximum Gasteiger partial charge on any atom is 0.305 e. The number of hydrogen-bond donors (Lipinski definition) is 2. The molecule has 2 rings (SSSR count). The van der Waals surface area contributed by atoms with Crippen molar-refractivity contribution in [2.45, 2.75) is 51.1 Å². The first-order chi connectivity index (χ1) is 10.1. The zero-order valence-corrected chi connectivity index (χ0v) is 12.9. The van der Waals surface area contributed by atoms with Gasteiger partial charge in [-0.05, 0) is 52.2 Å². The van der Waals surface area contributed by atoms with Crippen molar-refractivity contribution in [3.05, 3.63) is 0 Å². The summed E-state index contributed by atoms with van der Waals surface area (Å²) in [7, 11) is 0. The zero-order chi connectivity index (χ0) is 15.2. The van der Waals surface area contributed by atoms with E-state index in [1.54, 1.807) is 4.90 Å². The molecule has 0 bridgehead atoms. The molecule has 1 unspecified atom stereocenters. The third-order valence-electron chi connectivity index (χ3n) is 4.65. The Balaban J connectivity index is 1.96. The number of carbonyl (C=O) groups excluding carboxylic acids is 1. The summed E-state index contributed by atoms with van der Waals surface area (Å²) in [5.74, 6) is -0.724. The molecule has 0 aromatic rings. The maximum atomic E-state index is 12.7. The molecular formula is C15H27N3O3. The topological polar surface area (TPSA) is 72.9 Å². The Kier molecular flexibility index (Phi) is 5.99. The van der Waals surface area contributed by atoms with Crippen molar-refractivity contribution < 1.29 is 14.7 Å². The quantitative estimate of drug-likeness (QED) is 0.748. The molecule has 2 saturated heterocycles. The molecule has 0 aromatic carbocycles. The Labute approximate surface area is 126 Å². The zero-order valence-electron chi connectivity index (χ0n) is 12.9. The highest BCUT2D eigenvalue weighted by atomic mass is 16.4. The van der Waals surface area contributed by atoms with Crippen LogP contribution in [-0.2, 0) is 9.59 Å². The van der Waals surface area contributed by atoms with Gasteiger partial charge >= 0.3 is 5.97 Å². The summed E-state index contributed by atoms with van der Waals surface area (Å²) in [4.78, 5) is 27.5. The molecule has 0 aliphatic carbocycles. The van der Waals surface area contributed by atoms with Crippen LogP contribution in [0.1, 0.15) is 39.0 Å². The van der Waals surface area contributed by atoms with E-state index in [0.29, 0.717) is 19.1 Å². The maximum absolute atomic E-state index is 12.7. The van der Waals surface area contributed by atoms with Gasteiger partial charge in [-0.15, -0.1) is 0 Å². The smallest absolute Gasteiger partial charge is 0.305 e. The predicted octanol–water partition coefficient (Wildman–Crippen LogP) is 0.526. The van der Waals surface area contributed by atoms with E-state index in [-0.39, 0.29) is 18.4 Å². The lowest BCUT2D eigenvalue weighted by Crippen LogP contribution is -2.52. The van der Waals surface area contributed by atoms with Crippen molar-refractivity contribution in [2.24, 2.45) is 0 Å². The molecule has 0 radical (unpaired) electrons. The molecule has 2 N–H and O–H groups in total. The largest absolute Gasteiger partial charge is 0.481 e. The van der Waals surface area contributed by atoms with Crippen molar-refractivity contribution in [1.29, 1.82) is 0 Å². The van der Waals surface area contributed by atoms with Gasteiger partial charge in [-0.25, -0.2) is 0 Å². The molecule has 2 fully saturated rings. The lowest BCUT2D eigenvalue weighted by atomic mass is 10.0. The first kappa shape index (κ1) is 16.2. The molecule has 2 aliphatic heterocycles.